The highest BCUT2D eigenvalue weighted by molar-refractivity contribution is 6.05. The fourth-order valence-corrected chi connectivity index (χ4v) is 2.79. The van der Waals surface area contributed by atoms with Gasteiger partial charge in [-0.25, -0.2) is 0 Å². The first-order chi connectivity index (χ1) is 10.9. The Bertz CT molecular complexity index is 638. The van der Waals surface area contributed by atoms with Gasteiger partial charge in [0.25, 0.3) is 5.91 Å². The zero-order valence-corrected chi connectivity index (χ0v) is 13.4. The van der Waals surface area contributed by atoms with Gasteiger partial charge in [0.15, 0.2) is 5.60 Å². The minimum Gasteiger partial charge on any atom is -0.476 e. The van der Waals surface area contributed by atoms with Crippen LogP contribution in [0.3, 0.4) is 0 Å². The molecule has 2 N–H and O–H groups in total. The Morgan fingerprint density at radius 2 is 2.00 bits per heavy atom. The first-order valence-electron chi connectivity index (χ1n) is 7.64. The molecule has 0 atom stereocenters. The Hall–Kier alpha value is -2.28. The van der Waals surface area contributed by atoms with Gasteiger partial charge in [0.05, 0.1) is 18.9 Å². The topological polar surface area (TPSA) is 85.1 Å². The molecule has 1 fully saturated rings. The van der Waals surface area contributed by atoms with E-state index >= 15 is 0 Å². The van der Waals surface area contributed by atoms with E-state index in [0.29, 0.717) is 43.4 Å². The number of anilines is 2. The maximum Gasteiger partial charge on any atom is 0.271 e. The minimum atomic E-state index is -1.04. The van der Waals surface area contributed by atoms with E-state index in [2.05, 4.69) is 0 Å². The molecule has 7 nitrogen and oxygen atoms in total. The third-order valence-electron chi connectivity index (χ3n) is 4.06. The van der Waals surface area contributed by atoms with Crippen LogP contribution in [-0.4, -0.2) is 55.2 Å². The van der Waals surface area contributed by atoms with Crippen molar-refractivity contribution in [3.63, 3.8) is 0 Å². The molecule has 0 spiro atoms. The number of hydrogen-bond acceptors (Lipinski definition) is 5. The number of carbonyl (C=O) groups is 2. The molecule has 0 aromatic heterocycles. The number of benzene rings is 1. The van der Waals surface area contributed by atoms with E-state index in [-0.39, 0.29) is 18.4 Å². The summed E-state index contributed by atoms with van der Waals surface area (Å²) in [4.78, 5) is 28.4. The summed E-state index contributed by atoms with van der Waals surface area (Å²) in [6.07, 6.45) is 0. The van der Waals surface area contributed by atoms with Gasteiger partial charge >= 0.3 is 0 Å². The van der Waals surface area contributed by atoms with Crippen LogP contribution in [-0.2, 0) is 14.3 Å². The van der Waals surface area contributed by atoms with Crippen molar-refractivity contribution in [2.75, 3.05) is 43.5 Å². The van der Waals surface area contributed by atoms with Crippen LogP contribution in [0.2, 0.25) is 0 Å². The monoisotopic (exact) mass is 319 g/mol. The van der Waals surface area contributed by atoms with Gasteiger partial charge in [-0.2, -0.15) is 0 Å². The van der Waals surface area contributed by atoms with E-state index in [1.807, 2.05) is 0 Å². The number of carbonyl (C=O) groups excluding carboxylic acids is 2. The molecule has 0 bridgehead atoms. The predicted octanol–water partition coefficient (Wildman–Crippen LogP) is 0.632. The van der Waals surface area contributed by atoms with Crippen molar-refractivity contribution in [3.05, 3.63) is 18.2 Å². The molecule has 1 aromatic carbocycles. The number of nitrogen functional groups attached to an aromatic ring is 1. The fraction of sp³-hybridized carbons (Fsp3) is 0.500. The van der Waals surface area contributed by atoms with Crippen LogP contribution in [0.25, 0.3) is 0 Å². The van der Waals surface area contributed by atoms with Gasteiger partial charge < -0.3 is 20.1 Å². The molecule has 2 aliphatic rings. The summed E-state index contributed by atoms with van der Waals surface area (Å²) in [7, 11) is 0. The average Bonchev–Trinajstić information content (AvgIpc) is 2.52. The van der Waals surface area contributed by atoms with Gasteiger partial charge in [-0.15, -0.1) is 0 Å². The van der Waals surface area contributed by atoms with Crippen LogP contribution in [0.1, 0.15) is 13.8 Å². The van der Waals surface area contributed by atoms with E-state index in [1.54, 1.807) is 36.9 Å². The molecule has 2 aliphatic heterocycles. The molecule has 1 aromatic rings. The van der Waals surface area contributed by atoms with Crippen molar-refractivity contribution in [1.82, 2.24) is 4.90 Å². The Kier molecular flexibility index (Phi) is 3.89. The van der Waals surface area contributed by atoms with Crippen LogP contribution in [0.15, 0.2) is 18.2 Å². The fourth-order valence-electron chi connectivity index (χ4n) is 2.79. The predicted molar refractivity (Wildman–Crippen MR) is 85.3 cm³/mol. The summed E-state index contributed by atoms with van der Waals surface area (Å²) in [5.74, 6) is 0.183. The van der Waals surface area contributed by atoms with Crippen LogP contribution in [0.5, 0.6) is 5.75 Å². The Labute approximate surface area is 134 Å². The van der Waals surface area contributed by atoms with Gasteiger partial charge in [-0.05, 0) is 26.0 Å². The first-order valence-corrected chi connectivity index (χ1v) is 7.64. The second-order valence-corrected chi connectivity index (χ2v) is 6.22. The molecule has 3 rings (SSSR count). The highest BCUT2D eigenvalue weighted by Gasteiger charge is 2.42. The van der Waals surface area contributed by atoms with Crippen LogP contribution >= 0.6 is 0 Å². The van der Waals surface area contributed by atoms with Gasteiger partial charge in [0, 0.05) is 24.8 Å². The van der Waals surface area contributed by atoms with E-state index in [9.17, 15) is 9.59 Å². The third-order valence-corrected chi connectivity index (χ3v) is 4.06. The normalized spacial score (nSPS) is 20.0. The minimum absolute atomic E-state index is 0.0114. The Morgan fingerprint density at radius 3 is 2.70 bits per heavy atom. The van der Waals surface area contributed by atoms with Crippen molar-refractivity contribution in [3.8, 4) is 5.75 Å². The number of fused-ring (bicyclic) bond motifs is 1. The highest BCUT2D eigenvalue weighted by Crippen LogP contribution is 2.38. The molecular weight excluding hydrogens is 298 g/mol. The number of nitrogens with zero attached hydrogens (tertiary/aromatic N) is 2. The summed E-state index contributed by atoms with van der Waals surface area (Å²) < 4.78 is 11.0. The van der Waals surface area contributed by atoms with Crippen LogP contribution in [0, 0.1) is 0 Å². The Balaban J connectivity index is 1.87. The second kappa shape index (κ2) is 5.73. The van der Waals surface area contributed by atoms with Crippen LogP contribution in [0.4, 0.5) is 11.4 Å². The molecule has 0 unspecified atom stereocenters. The lowest BCUT2D eigenvalue weighted by Gasteiger charge is -2.39. The van der Waals surface area contributed by atoms with Crippen molar-refractivity contribution < 1.29 is 19.1 Å². The zero-order valence-electron chi connectivity index (χ0n) is 13.4. The highest BCUT2D eigenvalue weighted by atomic mass is 16.5. The van der Waals surface area contributed by atoms with E-state index in [0.717, 1.165) is 0 Å². The van der Waals surface area contributed by atoms with Crippen molar-refractivity contribution in [2.24, 2.45) is 0 Å². The molecule has 1 saturated heterocycles. The lowest BCUT2D eigenvalue weighted by atomic mass is 10.0. The number of nitrogens with two attached hydrogens (primary N) is 1. The summed E-state index contributed by atoms with van der Waals surface area (Å²) in [5, 5.41) is 0. The maximum atomic E-state index is 12.7. The third kappa shape index (κ3) is 2.96. The maximum absolute atomic E-state index is 12.7. The lowest BCUT2D eigenvalue weighted by Crippen LogP contribution is -2.56. The molecule has 124 valence electrons. The zero-order chi connectivity index (χ0) is 16.6. The summed E-state index contributed by atoms with van der Waals surface area (Å²) in [5.41, 5.74) is 5.88. The SMILES string of the molecule is CC1(C)Oc2cc(N)ccc2N(CC(=O)N2CCOCC2)C1=O. The van der Waals surface area contributed by atoms with Crippen molar-refractivity contribution in [2.45, 2.75) is 19.4 Å². The smallest absolute Gasteiger partial charge is 0.271 e. The van der Waals surface area contributed by atoms with Crippen molar-refractivity contribution in [1.29, 1.82) is 0 Å². The molecule has 0 aliphatic carbocycles. The number of amides is 2. The van der Waals surface area contributed by atoms with Crippen molar-refractivity contribution >= 4 is 23.2 Å². The largest absolute Gasteiger partial charge is 0.476 e. The quantitative estimate of drug-likeness (QED) is 0.808. The molecule has 2 amide bonds. The number of rotatable bonds is 2. The first kappa shape index (κ1) is 15.6. The van der Waals surface area contributed by atoms with E-state index < -0.39 is 5.60 Å². The summed E-state index contributed by atoms with van der Waals surface area (Å²) in [6.45, 7) is 5.53. The van der Waals surface area contributed by atoms with Gasteiger partial charge in [-0.1, -0.05) is 0 Å². The molecule has 0 radical (unpaired) electrons. The average molecular weight is 319 g/mol. The molecule has 0 saturated carbocycles. The van der Waals surface area contributed by atoms with E-state index in [1.165, 1.54) is 4.90 Å². The van der Waals surface area contributed by atoms with E-state index in [4.69, 9.17) is 15.2 Å². The number of hydrogen-bond donors (Lipinski definition) is 1. The van der Waals surface area contributed by atoms with Crippen LogP contribution < -0.4 is 15.4 Å². The second-order valence-electron chi connectivity index (χ2n) is 6.22. The summed E-state index contributed by atoms with van der Waals surface area (Å²) >= 11 is 0. The molecular formula is C16H21N3O4. The van der Waals surface area contributed by atoms with Gasteiger partial charge in [0.1, 0.15) is 12.3 Å². The standard InChI is InChI=1S/C16H21N3O4/c1-16(2)15(21)19(10-14(20)18-5-7-22-8-6-18)12-4-3-11(17)9-13(12)23-16/h3-4,9H,5-8,10,17H2,1-2H3. The molecule has 7 heteroatoms. The lowest BCUT2D eigenvalue weighted by molar-refractivity contribution is -0.138. The summed E-state index contributed by atoms with van der Waals surface area (Å²) in [6, 6.07) is 5.08. The van der Waals surface area contributed by atoms with Gasteiger partial charge in [-0.3, -0.25) is 14.5 Å². The molecule has 2 heterocycles. The number of morpholine rings is 1. The molecule has 23 heavy (non-hydrogen) atoms. The number of ether oxygens (including phenoxy) is 2. The Morgan fingerprint density at radius 1 is 1.30 bits per heavy atom. The van der Waals surface area contributed by atoms with Gasteiger partial charge in [0.2, 0.25) is 5.91 Å².